The van der Waals surface area contributed by atoms with Crippen LogP contribution in [0.2, 0.25) is 0 Å². The van der Waals surface area contributed by atoms with E-state index in [2.05, 4.69) is 15.3 Å². The van der Waals surface area contributed by atoms with E-state index in [9.17, 15) is 24.4 Å². The van der Waals surface area contributed by atoms with Gasteiger partial charge >= 0.3 is 0 Å². The number of nitro benzene ring substituents is 1. The van der Waals surface area contributed by atoms with Crippen molar-refractivity contribution in [2.45, 2.75) is 11.9 Å². The zero-order valence-electron chi connectivity index (χ0n) is 16.5. The zero-order valence-corrected chi connectivity index (χ0v) is 18.2. The molecule has 0 fully saturated rings. The topological polar surface area (TPSA) is 118 Å². The number of non-ortho nitro benzene ring substituents is 1. The summed E-state index contributed by atoms with van der Waals surface area (Å²) in [6.07, 6.45) is 0. The number of carbonyl (C=O) groups excluding carboxylic acids is 1. The molecule has 4 aromatic rings. The van der Waals surface area contributed by atoms with Gasteiger partial charge in [-0.2, -0.15) is 0 Å². The fraction of sp³-hybridized carbons (Fsp3) is 0.0952. The molecule has 0 unspecified atom stereocenters. The molecule has 0 aliphatic carbocycles. The number of aromatic nitrogens is 2. The van der Waals surface area contributed by atoms with Gasteiger partial charge in [-0.25, -0.2) is 14.4 Å². The standard InChI is InChI=1S/C21H15FN4O4S2/c1-11-23-20-19(15(9-31-20)12-2-4-13(22)5-3-12)21(24-11)32-10-18(28)25-16-8-14(26(29)30)6-7-17(16)27/h2-9,27H,10H2,1H3,(H,25,28). The molecule has 0 aliphatic heterocycles. The molecule has 162 valence electrons. The summed E-state index contributed by atoms with van der Waals surface area (Å²) in [6.45, 7) is 1.75. The maximum atomic E-state index is 13.3. The molecule has 0 bridgehead atoms. The zero-order chi connectivity index (χ0) is 22.8. The third kappa shape index (κ3) is 4.53. The van der Waals surface area contributed by atoms with Gasteiger partial charge in [0.2, 0.25) is 5.91 Å². The number of halogens is 1. The average Bonchev–Trinajstić information content (AvgIpc) is 3.17. The summed E-state index contributed by atoms with van der Waals surface area (Å²) in [5, 5.41) is 26.6. The first-order chi connectivity index (χ1) is 15.3. The second-order valence-corrected chi connectivity index (χ2v) is 8.53. The molecule has 2 aromatic carbocycles. The van der Waals surface area contributed by atoms with E-state index in [-0.39, 0.29) is 28.7 Å². The first-order valence-electron chi connectivity index (χ1n) is 9.23. The molecule has 2 aromatic heterocycles. The predicted octanol–water partition coefficient (Wildman–Crippen LogP) is 5.15. The average molecular weight is 471 g/mol. The summed E-state index contributed by atoms with van der Waals surface area (Å²) in [5.74, 6) is -0.577. The van der Waals surface area contributed by atoms with Gasteiger partial charge < -0.3 is 10.4 Å². The van der Waals surface area contributed by atoms with Crippen LogP contribution in [0.15, 0.2) is 52.9 Å². The predicted molar refractivity (Wildman–Crippen MR) is 122 cm³/mol. The summed E-state index contributed by atoms with van der Waals surface area (Å²) < 4.78 is 13.3. The van der Waals surface area contributed by atoms with Gasteiger partial charge in [0.15, 0.2) is 0 Å². The lowest BCUT2D eigenvalue weighted by Gasteiger charge is -2.09. The Morgan fingerprint density at radius 3 is 2.72 bits per heavy atom. The number of anilines is 1. The highest BCUT2D eigenvalue weighted by molar-refractivity contribution is 8.00. The monoisotopic (exact) mass is 470 g/mol. The Labute approximate surface area is 189 Å². The normalized spacial score (nSPS) is 10.9. The Kier molecular flexibility index (Phi) is 6.01. The van der Waals surface area contributed by atoms with E-state index in [1.54, 1.807) is 19.1 Å². The van der Waals surface area contributed by atoms with Gasteiger partial charge in [-0.3, -0.25) is 14.9 Å². The highest BCUT2D eigenvalue weighted by atomic mass is 32.2. The van der Waals surface area contributed by atoms with Crippen LogP contribution in [0.1, 0.15) is 5.82 Å². The number of aryl methyl sites for hydroxylation is 1. The number of phenols is 1. The van der Waals surface area contributed by atoms with E-state index >= 15 is 0 Å². The number of aromatic hydroxyl groups is 1. The van der Waals surface area contributed by atoms with Gasteiger partial charge in [0, 0.05) is 23.1 Å². The molecule has 11 heteroatoms. The minimum Gasteiger partial charge on any atom is -0.506 e. The molecule has 0 aliphatic rings. The van der Waals surface area contributed by atoms with Crippen LogP contribution in [0.5, 0.6) is 5.75 Å². The number of thiophene rings is 1. The van der Waals surface area contributed by atoms with Crippen molar-refractivity contribution in [1.29, 1.82) is 0 Å². The van der Waals surface area contributed by atoms with Crippen LogP contribution in [-0.4, -0.2) is 31.7 Å². The molecule has 0 atom stereocenters. The second kappa shape index (κ2) is 8.89. The Bertz CT molecular complexity index is 1340. The lowest BCUT2D eigenvalue weighted by molar-refractivity contribution is -0.384. The van der Waals surface area contributed by atoms with Crippen LogP contribution in [0.4, 0.5) is 15.8 Å². The minimum atomic E-state index is -0.613. The summed E-state index contributed by atoms with van der Waals surface area (Å²) in [4.78, 5) is 32.5. The van der Waals surface area contributed by atoms with Crippen LogP contribution >= 0.6 is 23.1 Å². The molecule has 0 spiro atoms. The third-order valence-electron chi connectivity index (χ3n) is 4.47. The number of nitrogens with one attached hydrogen (secondary N) is 1. The van der Waals surface area contributed by atoms with Gasteiger partial charge in [-0.1, -0.05) is 23.9 Å². The number of hydrogen-bond donors (Lipinski definition) is 2. The first-order valence-corrected chi connectivity index (χ1v) is 11.1. The molecule has 1 amide bonds. The summed E-state index contributed by atoms with van der Waals surface area (Å²) >= 11 is 2.61. The Balaban J connectivity index is 1.59. The minimum absolute atomic E-state index is 0.0450. The van der Waals surface area contributed by atoms with E-state index in [0.717, 1.165) is 39.5 Å². The summed E-state index contributed by atoms with van der Waals surface area (Å²) in [5.41, 5.74) is 1.35. The van der Waals surface area contributed by atoms with Gasteiger partial charge in [0.25, 0.3) is 5.69 Å². The van der Waals surface area contributed by atoms with Crippen LogP contribution < -0.4 is 5.32 Å². The number of nitro groups is 1. The number of amides is 1. The molecule has 0 saturated carbocycles. The number of thioether (sulfide) groups is 1. The Morgan fingerprint density at radius 1 is 1.25 bits per heavy atom. The van der Waals surface area contributed by atoms with E-state index < -0.39 is 10.8 Å². The number of rotatable bonds is 6. The van der Waals surface area contributed by atoms with Gasteiger partial charge in [-0.05, 0) is 30.7 Å². The molecule has 0 saturated heterocycles. The van der Waals surface area contributed by atoms with Crippen molar-refractivity contribution < 1.29 is 19.2 Å². The summed E-state index contributed by atoms with van der Waals surface area (Å²) in [6, 6.07) is 9.48. The third-order valence-corrected chi connectivity index (χ3v) is 6.32. The van der Waals surface area contributed by atoms with Crippen molar-refractivity contribution in [2.24, 2.45) is 0 Å². The van der Waals surface area contributed by atoms with Crippen LogP contribution in [0.3, 0.4) is 0 Å². The molecule has 8 nitrogen and oxygen atoms in total. The van der Waals surface area contributed by atoms with E-state index in [1.165, 1.54) is 35.2 Å². The lowest BCUT2D eigenvalue weighted by Crippen LogP contribution is -2.14. The quantitative estimate of drug-likeness (QED) is 0.131. The number of fused-ring (bicyclic) bond motifs is 1. The maximum absolute atomic E-state index is 13.3. The number of benzene rings is 2. The maximum Gasteiger partial charge on any atom is 0.271 e. The molecule has 0 radical (unpaired) electrons. The van der Waals surface area contributed by atoms with Crippen LogP contribution in [0.25, 0.3) is 21.3 Å². The highest BCUT2D eigenvalue weighted by Crippen LogP contribution is 2.38. The van der Waals surface area contributed by atoms with Crippen molar-refractivity contribution in [3.63, 3.8) is 0 Å². The Hall–Kier alpha value is -3.57. The van der Waals surface area contributed by atoms with Gasteiger partial charge in [0.1, 0.15) is 27.2 Å². The van der Waals surface area contributed by atoms with Gasteiger partial charge in [0.05, 0.1) is 21.7 Å². The van der Waals surface area contributed by atoms with Crippen LogP contribution in [0, 0.1) is 22.9 Å². The second-order valence-electron chi connectivity index (χ2n) is 6.71. The van der Waals surface area contributed by atoms with E-state index in [1.807, 2.05) is 5.38 Å². The fourth-order valence-corrected chi connectivity index (χ4v) is 4.96. The van der Waals surface area contributed by atoms with Crippen molar-refractivity contribution in [2.75, 3.05) is 11.1 Å². The largest absolute Gasteiger partial charge is 0.506 e. The van der Waals surface area contributed by atoms with Crippen molar-refractivity contribution >= 4 is 50.6 Å². The molecule has 32 heavy (non-hydrogen) atoms. The first kappa shape index (κ1) is 21.7. The Morgan fingerprint density at radius 2 is 2.00 bits per heavy atom. The number of hydrogen-bond acceptors (Lipinski definition) is 8. The SMILES string of the molecule is Cc1nc(SCC(=O)Nc2cc([N+](=O)[O-])ccc2O)c2c(-c3ccc(F)cc3)csc2n1. The number of nitrogens with zero attached hydrogens (tertiary/aromatic N) is 3. The van der Waals surface area contributed by atoms with Crippen molar-refractivity contribution in [1.82, 2.24) is 9.97 Å². The molecule has 2 heterocycles. The van der Waals surface area contributed by atoms with E-state index in [4.69, 9.17) is 0 Å². The van der Waals surface area contributed by atoms with E-state index in [0.29, 0.717) is 10.9 Å². The number of carbonyl (C=O) groups is 1. The lowest BCUT2D eigenvalue weighted by atomic mass is 10.1. The van der Waals surface area contributed by atoms with Crippen molar-refractivity contribution in [3.8, 4) is 16.9 Å². The molecular formula is C21H15FN4O4S2. The molecule has 4 rings (SSSR count). The molecular weight excluding hydrogens is 455 g/mol. The summed E-state index contributed by atoms with van der Waals surface area (Å²) in [7, 11) is 0. The fourth-order valence-electron chi connectivity index (χ4n) is 3.02. The molecule has 2 N–H and O–H groups in total. The highest BCUT2D eigenvalue weighted by Gasteiger charge is 2.17. The smallest absolute Gasteiger partial charge is 0.271 e. The van der Waals surface area contributed by atoms with Crippen LogP contribution in [-0.2, 0) is 4.79 Å². The van der Waals surface area contributed by atoms with Crippen molar-refractivity contribution in [3.05, 3.63) is 69.6 Å². The number of phenolic OH excluding ortho intramolecular Hbond substituents is 1. The van der Waals surface area contributed by atoms with Gasteiger partial charge in [-0.15, -0.1) is 11.3 Å².